The fraction of sp³-hybridized carbons (Fsp3) is 0.389. The number of aryl methyl sites for hydroxylation is 1. The monoisotopic (exact) mass is 675 g/mol. The van der Waals surface area contributed by atoms with Crippen molar-refractivity contribution in [2.75, 3.05) is 36.4 Å². The van der Waals surface area contributed by atoms with Crippen LogP contribution in [-0.2, 0) is 27.5 Å². The largest absolute Gasteiger partial charge is 0.477 e. The van der Waals surface area contributed by atoms with Gasteiger partial charge < -0.3 is 34.9 Å². The summed E-state index contributed by atoms with van der Waals surface area (Å²) in [7, 11) is 0. The lowest BCUT2D eigenvalue weighted by molar-refractivity contribution is -0.129. The van der Waals surface area contributed by atoms with Crippen molar-refractivity contribution in [3.63, 3.8) is 0 Å². The molecule has 12 nitrogen and oxygen atoms in total. The number of aromatic nitrogens is 1. The van der Waals surface area contributed by atoms with Crippen LogP contribution in [0.15, 0.2) is 59.0 Å². The van der Waals surface area contributed by atoms with Gasteiger partial charge in [0.15, 0.2) is 5.78 Å². The van der Waals surface area contributed by atoms with Crippen molar-refractivity contribution in [1.82, 2.24) is 9.47 Å². The lowest BCUT2D eigenvalue weighted by Gasteiger charge is -2.35. The van der Waals surface area contributed by atoms with E-state index in [1.165, 1.54) is 18.0 Å². The molecule has 3 N–H and O–H groups in total. The molecular weight excluding hydrogens is 633 g/mol. The van der Waals surface area contributed by atoms with E-state index in [0.29, 0.717) is 36.4 Å². The number of nitrogens with one attached hydrogen (secondary N) is 2. The standard InChI is InChI=1S/C36H42FN5O7/c1-6-40-19-27(35(46)47)33(44)26-16-28(37)31(18-30(26)40)41-11-13-42(14-12-41)36(48)49-20-24-7-9-25(10-8-24)39-34(45)23(5)32(43)17-29(38)22(4)15-21(2)3/h7-10,15-16,18-19,21,23,38H,6,11-14,17,20H2,1-5H3,(H,39,45)(H,46,47)/b22-15+,38-29?. The number of ketones is 1. The predicted octanol–water partition coefficient (Wildman–Crippen LogP) is 5.47. The average Bonchev–Trinajstić information content (AvgIpc) is 3.07. The van der Waals surface area contributed by atoms with Gasteiger partial charge in [0.1, 0.15) is 18.0 Å². The Bertz CT molecular complexity index is 1860. The maximum Gasteiger partial charge on any atom is 0.410 e. The first-order valence-corrected chi connectivity index (χ1v) is 16.2. The summed E-state index contributed by atoms with van der Waals surface area (Å²) in [6, 6.07) is 9.30. The molecule has 0 aliphatic carbocycles. The molecule has 0 saturated carbocycles. The Morgan fingerprint density at radius 1 is 1.06 bits per heavy atom. The number of amides is 2. The maximum atomic E-state index is 15.2. The number of pyridine rings is 1. The molecule has 1 atom stereocenters. The fourth-order valence-corrected chi connectivity index (χ4v) is 5.57. The molecule has 3 aromatic rings. The van der Waals surface area contributed by atoms with E-state index in [1.807, 2.05) is 19.9 Å². The van der Waals surface area contributed by atoms with Gasteiger partial charge in [-0.05, 0) is 62.1 Å². The van der Waals surface area contributed by atoms with Crippen molar-refractivity contribution >= 4 is 51.7 Å². The molecule has 49 heavy (non-hydrogen) atoms. The molecule has 2 heterocycles. The summed E-state index contributed by atoms with van der Waals surface area (Å²) in [6.45, 7) is 10.6. The Hall–Kier alpha value is -5.33. The number of benzene rings is 2. The van der Waals surface area contributed by atoms with Crippen molar-refractivity contribution in [3.05, 3.63) is 81.4 Å². The first-order chi connectivity index (χ1) is 23.2. The van der Waals surface area contributed by atoms with Crippen LogP contribution in [0.3, 0.4) is 0 Å². The number of ether oxygens (including phenoxy) is 1. The zero-order valence-corrected chi connectivity index (χ0v) is 28.3. The minimum absolute atomic E-state index is 0.0109. The van der Waals surface area contributed by atoms with Gasteiger partial charge in [-0.3, -0.25) is 14.4 Å². The van der Waals surface area contributed by atoms with E-state index in [-0.39, 0.29) is 54.6 Å². The quantitative estimate of drug-likeness (QED) is 0.168. The van der Waals surface area contributed by atoms with E-state index in [2.05, 4.69) is 5.32 Å². The second-order valence-corrected chi connectivity index (χ2v) is 12.4. The SMILES string of the molecule is CCn1cc(C(=O)O)c(=O)c2cc(F)c(N3CCN(C(=O)OCc4ccc(NC(=O)C(C)C(=O)CC(=N)/C(C)=C/C(C)C)cc4)CC3)cc21. The summed E-state index contributed by atoms with van der Waals surface area (Å²) in [6.07, 6.45) is 2.51. The van der Waals surface area contributed by atoms with Crippen LogP contribution in [0.25, 0.3) is 10.9 Å². The number of hydrogen-bond acceptors (Lipinski definition) is 8. The highest BCUT2D eigenvalue weighted by Crippen LogP contribution is 2.27. The molecule has 4 rings (SSSR count). The third-order valence-corrected chi connectivity index (χ3v) is 8.47. The summed E-state index contributed by atoms with van der Waals surface area (Å²) in [5.41, 5.74) is 1.58. The van der Waals surface area contributed by atoms with E-state index in [0.717, 1.165) is 11.6 Å². The maximum absolute atomic E-state index is 15.2. The van der Waals surface area contributed by atoms with Crippen LogP contribution < -0.4 is 15.6 Å². The van der Waals surface area contributed by atoms with Crippen molar-refractivity contribution in [2.24, 2.45) is 11.8 Å². The van der Waals surface area contributed by atoms with Crippen molar-refractivity contribution in [2.45, 2.75) is 54.2 Å². The van der Waals surface area contributed by atoms with Gasteiger partial charge >= 0.3 is 12.1 Å². The third kappa shape index (κ3) is 8.78. The molecule has 1 unspecified atom stereocenters. The number of halogens is 1. The average molecular weight is 676 g/mol. The van der Waals surface area contributed by atoms with Gasteiger partial charge in [0.2, 0.25) is 11.3 Å². The number of nitrogens with zero attached hydrogens (tertiary/aromatic N) is 3. The zero-order chi connectivity index (χ0) is 36.0. The van der Waals surface area contributed by atoms with Gasteiger partial charge in [-0.25, -0.2) is 14.0 Å². The van der Waals surface area contributed by atoms with Crippen LogP contribution in [0.5, 0.6) is 0 Å². The van der Waals surface area contributed by atoms with Gasteiger partial charge in [-0.15, -0.1) is 0 Å². The molecule has 1 fully saturated rings. The summed E-state index contributed by atoms with van der Waals surface area (Å²) in [5.74, 6) is -3.53. The molecule has 1 aliphatic rings. The van der Waals surface area contributed by atoms with E-state index in [1.54, 1.807) is 53.6 Å². The third-order valence-electron chi connectivity index (χ3n) is 8.47. The minimum Gasteiger partial charge on any atom is -0.477 e. The molecule has 1 aromatic heterocycles. The van der Waals surface area contributed by atoms with E-state index >= 15 is 4.39 Å². The Morgan fingerprint density at radius 3 is 2.31 bits per heavy atom. The molecule has 260 valence electrons. The summed E-state index contributed by atoms with van der Waals surface area (Å²) in [5, 5.41) is 20.2. The number of rotatable bonds is 12. The molecular formula is C36H42FN5O7. The lowest BCUT2D eigenvalue weighted by Crippen LogP contribution is -2.49. The molecule has 2 amide bonds. The summed E-state index contributed by atoms with van der Waals surface area (Å²) >= 11 is 0. The lowest BCUT2D eigenvalue weighted by atomic mass is 9.96. The van der Waals surface area contributed by atoms with Crippen molar-refractivity contribution < 1.29 is 33.4 Å². The summed E-state index contributed by atoms with van der Waals surface area (Å²) < 4.78 is 22.3. The number of carbonyl (C=O) groups is 4. The Labute approximate surface area is 283 Å². The van der Waals surface area contributed by atoms with Crippen LogP contribution in [0.1, 0.15) is 57.0 Å². The van der Waals surface area contributed by atoms with Gasteiger partial charge in [0.05, 0.1) is 17.1 Å². The fourth-order valence-electron chi connectivity index (χ4n) is 5.57. The number of Topliss-reactive ketones (excluding diaryl/α,β-unsaturated/α-hetero) is 1. The first kappa shape index (κ1) is 36.5. The molecule has 1 saturated heterocycles. The second kappa shape index (κ2) is 15.7. The number of piperazine rings is 1. The van der Waals surface area contributed by atoms with E-state index in [4.69, 9.17) is 10.1 Å². The predicted molar refractivity (Wildman–Crippen MR) is 185 cm³/mol. The Morgan fingerprint density at radius 2 is 1.71 bits per heavy atom. The minimum atomic E-state index is -1.37. The molecule has 0 bridgehead atoms. The summed E-state index contributed by atoms with van der Waals surface area (Å²) in [4.78, 5) is 65.5. The number of carboxylic acids is 1. The van der Waals surface area contributed by atoms with Gasteiger partial charge in [0.25, 0.3) is 0 Å². The number of carbonyl (C=O) groups excluding carboxylic acids is 3. The first-order valence-electron chi connectivity index (χ1n) is 16.2. The molecule has 13 heteroatoms. The number of anilines is 2. The normalized spacial score (nSPS) is 14.1. The smallest absolute Gasteiger partial charge is 0.410 e. The molecule has 0 spiro atoms. The van der Waals surface area contributed by atoms with Crippen molar-refractivity contribution in [1.29, 1.82) is 5.41 Å². The van der Waals surface area contributed by atoms with E-state index in [9.17, 15) is 29.1 Å². The van der Waals surface area contributed by atoms with Gasteiger partial charge in [-0.2, -0.15) is 0 Å². The second-order valence-electron chi connectivity index (χ2n) is 12.4. The number of allylic oxidation sites excluding steroid dienone is 2. The Balaban J connectivity index is 1.29. The van der Waals surface area contributed by atoms with Crippen LogP contribution in [0.2, 0.25) is 0 Å². The van der Waals surface area contributed by atoms with Gasteiger partial charge in [-0.1, -0.05) is 32.1 Å². The van der Waals surface area contributed by atoms with Crippen LogP contribution in [0, 0.1) is 23.1 Å². The highest BCUT2D eigenvalue weighted by atomic mass is 19.1. The number of fused-ring (bicyclic) bond motifs is 1. The zero-order valence-electron chi connectivity index (χ0n) is 28.3. The van der Waals surface area contributed by atoms with E-state index < -0.39 is 40.7 Å². The van der Waals surface area contributed by atoms with Crippen molar-refractivity contribution in [3.8, 4) is 0 Å². The number of aromatic carboxylic acids is 1. The molecule has 2 aromatic carbocycles. The highest BCUT2D eigenvalue weighted by molar-refractivity contribution is 6.15. The topological polar surface area (TPSA) is 162 Å². The highest BCUT2D eigenvalue weighted by Gasteiger charge is 2.26. The molecule has 0 radical (unpaired) electrons. The van der Waals surface area contributed by atoms with Crippen LogP contribution in [0.4, 0.5) is 20.6 Å². The Kier molecular flexibility index (Phi) is 11.7. The molecule has 1 aliphatic heterocycles. The van der Waals surface area contributed by atoms with Crippen LogP contribution >= 0.6 is 0 Å². The number of carboxylic acid groups (broad SMARTS) is 1. The van der Waals surface area contributed by atoms with Crippen LogP contribution in [-0.4, -0.2) is 70.2 Å². The number of hydrogen-bond donors (Lipinski definition) is 3. The van der Waals surface area contributed by atoms with Gasteiger partial charge in [0, 0.05) is 62.1 Å².